The zero-order chi connectivity index (χ0) is 13.9. The molecular formula is C17H24N2O. The van der Waals surface area contributed by atoms with Crippen molar-refractivity contribution in [3.8, 4) is 0 Å². The Kier molecular flexibility index (Phi) is 4.06. The van der Waals surface area contributed by atoms with Crippen LogP contribution in [0, 0.1) is 5.92 Å². The minimum absolute atomic E-state index is 0.315. The van der Waals surface area contributed by atoms with E-state index in [1.807, 2.05) is 11.9 Å². The van der Waals surface area contributed by atoms with Gasteiger partial charge in [0.2, 0.25) is 5.91 Å². The molecular weight excluding hydrogens is 248 g/mol. The first-order chi connectivity index (χ1) is 9.74. The van der Waals surface area contributed by atoms with Crippen molar-refractivity contribution < 1.29 is 4.79 Å². The van der Waals surface area contributed by atoms with Crippen molar-refractivity contribution in [1.29, 1.82) is 0 Å². The van der Waals surface area contributed by atoms with Crippen LogP contribution in [0.4, 0.5) is 0 Å². The van der Waals surface area contributed by atoms with Crippen molar-refractivity contribution in [1.82, 2.24) is 10.2 Å². The van der Waals surface area contributed by atoms with Crippen molar-refractivity contribution in [2.24, 2.45) is 5.92 Å². The average Bonchev–Trinajstić information content (AvgIpc) is 3.12. The number of amides is 1. The van der Waals surface area contributed by atoms with E-state index in [1.165, 1.54) is 17.5 Å². The summed E-state index contributed by atoms with van der Waals surface area (Å²) in [4.78, 5) is 14.3. The van der Waals surface area contributed by atoms with Gasteiger partial charge >= 0.3 is 0 Å². The molecule has 1 saturated heterocycles. The zero-order valence-electron chi connectivity index (χ0n) is 12.3. The highest BCUT2D eigenvalue weighted by molar-refractivity contribution is 5.76. The largest absolute Gasteiger partial charge is 0.342 e. The van der Waals surface area contributed by atoms with Crippen LogP contribution in [0.1, 0.15) is 30.4 Å². The lowest BCUT2D eigenvalue weighted by Crippen LogP contribution is -2.37. The Bertz CT molecular complexity index is 455. The number of benzene rings is 1. The molecule has 3 heteroatoms. The predicted octanol–water partition coefficient (Wildman–Crippen LogP) is 2.00. The van der Waals surface area contributed by atoms with Crippen LogP contribution in [0.15, 0.2) is 24.3 Å². The van der Waals surface area contributed by atoms with Crippen LogP contribution in [0.3, 0.4) is 0 Å². The Morgan fingerprint density at radius 2 is 2.00 bits per heavy atom. The maximum Gasteiger partial charge on any atom is 0.222 e. The summed E-state index contributed by atoms with van der Waals surface area (Å²) in [5.41, 5.74) is 2.83. The maximum atomic E-state index is 12.3. The number of carbonyl (C=O) groups is 1. The Hall–Kier alpha value is -1.35. The molecule has 1 fully saturated rings. The van der Waals surface area contributed by atoms with Crippen LogP contribution in [-0.4, -0.2) is 37.0 Å². The van der Waals surface area contributed by atoms with Gasteiger partial charge in [0.25, 0.3) is 0 Å². The van der Waals surface area contributed by atoms with E-state index in [1.54, 1.807) is 0 Å². The number of hydrogen-bond acceptors (Lipinski definition) is 2. The normalized spacial score (nSPS) is 21.9. The van der Waals surface area contributed by atoms with Gasteiger partial charge in [-0.05, 0) is 55.8 Å². The summed E-state index contributed by atoms with van der Waals surface area (Å²) < 4.78 is 0. The molecule has 0 spiro atoms. The van der Waals surface area contributed by atoms with Crippen LogP contribution >= 0.6 is 0 Å². The van der Waals surface area contributed by atoms with Gasteiger partial charge in [0.15, 0.2) is 0 Å². The molecule has 1 aliphatic carbocycles. The molecule has 1 N–H and O–H groups in total. The molecule has 0 aromatic heterocycles. The Morgan fingerprint density at radius 1 is 1.30 bits per heavy atom. The first kappa shape index (κ1) is 13.6. The molecule has 1 heterocycles. The zero-order valence-corrected chi connectivity index (χ0v) is 12.3. The lowest BCUT2D eigenvalue weighted by molar-refractivity contribution is -0.132. The van der Waals surface area contributed by atoms with Crippen molar-refractivity contribution in [2.45, 2.75) is 38.1 Å². The van der Waals surface area contributed by atoms with E-state index in [-0.39, 0.29) is 0 Å². The summed E-state index contributed by atoms with van der Waals surface area (Å²) >= 11 is 0. The van der Waals surface area contributed by atoms with Crippen molar-refractivity contribution >= 4 is 5.91 Å². The fourth-order valence-corrected chi connectivity index (χ4v) is 3.48. The fraction of sp³-hybridized carbons (Fsp3) is 0.588. The summed E-state index contributed by atoms with van der Waals surface area (Å²) in [5.74, 6) is 1.02. The highest BCUT2D eigenvalue weighted by atomic mass is 16.2. The number of likely N-dealkylation sites (N-methyl/N-ethyl adjacent to an activating group) is 1. The first-order valence-corrected chi connectivity index (χ1v) is 7.77. The Balaban J connectivity index is 1.51. The number of hydrogen-bond donors (Lipinski definition) is 1. The summed E-state index contributed by atoms with van der Waals surface area (Å²) in [6.45, 7) is 2.21. The third kappa shape index (κ3) is 2.88. The Labute approximate surface area is 121 Å². The minimum Gasteiger partial charge on any atom is -0.342 e. The molecule has 1 aromatic carbocycles. The molecule has 0 saturated carbocycles. The molecule has 2 aliphatic rings. The van der Waals surface area contributed by atoms with Crippen LogP contribution in [0.25, 0.3) is 0 Å². The number of fused-ring (bicyclic) bond motifs is 1. The van der Waals surface area contributed by atoms with Crippen molar-refractivity contribution in [3.63, 3.8) is 0 Å². The smallest absolute Gasteiger partial charge is 0.222 e. The number of nitrogens with zero attached hydrogens (tertiary/aromatic N) is 1. The quantitative estimate of drug-likeness (QED) is 0.909. The van der Waals surface area contributed by atoms with Crippen LogP contribution in [0.5, 0.6) is 0 Å². The second kappa shape index (κ2) is 5.96. The molecule has 108 valence electrons. The van der Waals surface area contributed by atoms with Crippen LogP contribution in [0.2, 0.25) is 0 Å². The SMILES string of the molecule is CN(C(=O)CCC1CCNC1)C1Cc2ccccc2C1. The molecule has 0 bridgehead atoms. The van der Waals surface area contributed by atoms with E-state index in [9.17, 15) is 4.79 Å². The number of rotatable bonds is 4. The van der Waals surface area contributed by atoms with Crippen molar-refractivity contribution in [3.05, 3.63) is 35.4 Å². The van der Waals surface area contributed by atoms with Gasteiger partial charge in [-0.3, -0.25) is 4.79 Å². The van der Waals surface area contributed by atoms with Gasteiger partial charge in [0, 0.05) is 19.5 Å². The van der Waals surface area contributed by atoms with Gasteiger partial charge < -0.3 is 10.2 Å². The third-order valence-corrected chi connectivity index (χ3v) is 4.90. The standard InChI is InChI=1S/C17H24N2O/c1-19(17(20)7-6-13-8-9-18-12-13)16-10-14-4-2-3-5-15(14)11-16/h2-5,13,16,18H,6-12H2,1H3. The highest BCUT2D eigenvalue weighted by Crippen LogP contribution is 2.25. The van der Waals surface area contributed by atoms with E-state index in [0.29, 0.717) is 24.3 Å². The van der Waals surface area contributed by atoms with E-state index in [2.05, 4.69) is 29.6 Å². The lowest BCUT2D eigenvalue weighted by atomic mass is 10.0. The maximum absolute atomic E-state index is 12.3. The van der Waals surface area contributed by atoms with E-state index >= 15 is 0 Å². The number of carbonyl (C=O) groups excluding carboxylic acids is 1. The molecule has 1 atom stereocenters. The molecule has 3 nitrogen and oxygen atoms in total. The summed E-state index contributed by atoms with van der Waals surface area (Å²) in [6, 6.07) is 8.93. The lowest BCUT2D eigenvalue weighted by Gasteiger charge is -2.25. The molecule has 20 heavy (non-hydrogen) atoms. The second-order valence-electron chi connectivity index (χ2n) is 6.23. The van der Waals surface area contributed by atoms with Gasteiger partial charge in [-0.15, -0.1) is 0 Å². The fourth-order valence-electron chi connectivity index (χ4n) is 3.48. The second-order valence-corrected chi connectivity index (χ2v) is 6.23. The van der Waals surface area contributed by atoms with E-state index < -0.39 is 0 Å². The molecule has 1 amide bonds. The molecule has 1 aromatic rings. The first-order valence-electron chi connectivity index (χ1n) is 7.77. The summed E-state index contributed by atoms with van der Waals surface area (Å²) in [6.07, 6.45) is 5.00. The van der Waals surface area contributed by atoms with Crippen LogP contribution < -0.4 is 5.32 Å². The third-order valence-electron chi connectivity index (χ3n) is 4.90. The molecule has 1 aliphatic heterocycles. The minimum atomic E-state index is 0.315. The van der Waals surface area contributed by atoms with Gasteiger partial charge in [-0.25, -0.2) is 0 Å². The van der Waals surface area contributed by atoms with Gasteiger partial charge in [0.1, 0.15) is 0 Å². The monoisotopic (exact) mass is 272 g/mol. The predicted molar refractivity (Wildman–Crippen MR) is 80.6 cm³/mol. The topological polar surface area (TPSA) is 32.3 Å². The summed E-state index contributed by atoms with van der Waals surface area (Å²) in [7, 11) is 1.98. The highest BCUT2D eigenvalue weighted by Gasteiger charge is 2.27. The van der Waals surface area contributed by atoms with Crippen LogP contribution in [-0.2, 0) is 17.6 Å². The molecule has 0 radical (unpaired) electrons. The molecule has 1 unspecified atom stereocenters. The Morgan fingerprint density at radius 3 is 2.60 bits per heavy atom. The average molecular weight is 272 g/mol. The summed E-state index contributed by atoms with van der Waals surface area (Å²) in [5, 5.41) is 3.37. The van der Waals surface area contributed by atoms with E-state index in [0.717, 1.165) is 32.4 Å². The van der Waals surface area contributed by atoms with Gasteiger partial charge in [0.05, 0.1) is 0 Å². The number of nitrogens with one attached hydrogen (secondary N) is 1. The van der Waals surface area contributed by atoms with E-state index in [4.69, 9.17) is 0 Å². The van der Waals surface area contributed by atoms with Gasteiger partial charge in [-0.2, -0.15) is 0 Å². The molecule has 3 rings (SSSR count). The van der Waals surface area contributed by atoms with Crippen molar-refractivity contribution in [2.75, 3.05) is 20.1 Å². The van der Waals surface area contributed by atoms with Gasteiger partial charge in [-0.1, -0.05) is 24.3 Å².